The molecular formula is C13H11ClO2. The van der Waals surface area contributed by atoms with Crippen molar-refractivity contribution in [1.29, 1.82) is 0 Å². The maximum absolute atomic E-state index is 8.89. The Morgan fingerprint density at radius 3 is 1.88 bits per heavy atom. The van der Waals surface area contributed by atoms with E-state index in [4.69, 9.17) is 21.4 Å². The Morgan fingerprint density at radius 2 is 1.38 bits per heavy atom. The van der Waals surface area contributed by atoms with Gasteiger partial charge in [0, 0.05) is 5.02 Å². The molecule has 0 aromatic heterocycles. The maximum atomic E-state index is 8.89. The van der Waals surface area contributed by atoms with E-state index in [1.165, 1.54) is 0 Å². The van der Waals surface area contributed by atoms with E-state index in [0.717, 1.165) is 17.1 Å². The molecule has 2 aromatic rings. The van der Waals surface area contributed by atoms with E-state index in [1.54, 1.807) is 12.1 Å². The lowest BCUT2D eigenvalue weighted by Crippen LogP contribution is -1.85. The average Bonchev–Trinajstić information content (AvgIpc) is 2.33. The van der Waals surface area contributed by atoms with Crippen LogP contribution in [0.1, 0.15) is 5.56 Å². The fourth-order valence-electron chi connectivity index (χ4n) is 1.30. The highest BCUT2D eigenvalue weighted by Gasteiger charge is 1.97. The van der Waals surface area contributed by atoms with Gasteiger partial charge in [-0.15, -0.1) is 0 Å². The van der Waals surface area contributed by atoms with Crippen molar-refractivity contribution in [3.8, 4) is 11.5 Å². The fraction of sp³-hybridized carbons (Fsp3) is 0.0769. The lowest BCUT2D eigenvalue weighted by Gasteiger charge is -2.05. The molecule has 0 saturated heterocycles. The summed E-state index contributed by atoms with van der Waals surface area (Å²) in [4.78, 5) is 0. The molecular weight excluding hydrogens is 224 g/mol. The lowest BCUT2D eigenvalue weighted by atomic mass is 10.2. The SMILES string of the molecule is OCc1ccc(Oc2ccc(Cl)cc2)cc1. The molecule has 0 unspecified atom stereocenters. The second kappa shape index (κ2) is 5.01. The standard InChI is InChI=1S/C13H11ClO2/c14-11-3-7-13(8-4-11)16-12-5-1-10(9-15)2-6-12/h1-8,15H,9H2. The van der Waals surface area contributed by atoms with E-state index in [9.17, 15) is 0 Å². The molecule has 0 heterocycles. The van der Waals surface area contributed by atoms with Crippen LogP contribution in [0.3, 0.4) is 0 Å². The van der Waals surface area contributed by atoms with Gasteiger partial charge in [0.2, 0.25) is 0 Å². The van der Waals surface area contributed by atoms with Gasteiger partial charge in [0.15, 0.2) is 0 Å². The number of hydrogen-bond donors (Lipinski definition) is 1. The summed E-state index contributed by atoms with van der Waals surface area (Å²) in [5, 5.41) is 9.58. The van der Waals surface area contributed by atoms with Crippen molar-refractivity contribution in [2.45, 2.75) is 6.61 Å². The molecule has 0 aliphatic carbocycles. The van der Waals surface area contributed by atoms with Crippen LogP contribution < -0.4 is 4.74 Å². The zero-order valence-electron chi connectivity index (χ0n) is 8.56. The minimum absolute atomic E-state index is 0.0429. The fourth-order valence-corrected chi connectivity index (χ4v) is 1.43. The molecule has 0 spiro atoms. The number of aliphatic hydroxyl groups excluding tert-OH is 1. The summed E-state index contributed by atoms with van der Waals surface area (Å²) in [7, 11) is 0. The molecule has 0 aliphatic heterocycles. The average molecular weight is 235 g/mol. The quantitative estimate of drug-likeness (QED) is 0.879. The van der Waals surface area contributed by atoms with Gasteiger partial charge in [0.1, 0.15) is 11.5 Å². The van der Waals surface area contributed by atoms with Crippen LogP contribution in [-0.2, 0) is 6.61 Å². The van der Waals surface area contributed by atoms with E-state index in [-0.39, 0.29) is 6.61 Å². The minimum atomic E-state index is 0.0429. The molecule has 82 valence electrons. The van der Waals surface area contributed by atoms with Crippen molar-refractivity contribution in [3.63, 3.8) is 0 Å². The molecule has 0 aliphatic rings. The van der Waals surface area contributed by atoms with Gasteiger partial charge in [-0.1, -0.05) is 23.7 Å². The van der Waals surface area contributed by atoms with Crippen LogP contribution in [0.4, 0.5) is 0 Å². The van der Waals surface area contributed by atoms with Gasteiger partial charge in [-0.3, -0.25) is 0 Å². The van der Waals surface area contributed by atoms with Crippen LogP contribution in [0.25, 0.3) is 0 Å². The van der Waals surface area contributed by atoms with Crippen LogP contribution >= 0.6 is 11.6 Å². The highest BCUT2D eigenvalue weighted by atomic mass is 35.5. The molecule has 2 aromatic carbocycles. The molecule has 0 amide bonds. The molecule has 2 rings (SSSR count). The van der Waals surface area contributed by atoms with Crippen molar-refractivity contribution >= 4 is 11.6 Å². The predicted octanol–water partition coefficient (Wildman–Crippen LogP) is 3.62. The van der Waals surface area contributed by atoms with Gasteiger partial charge in [0.05, 0.1) is 6.61 Å². The molecule has 0 fully saturated rings. The first kappa shape index (κ1) is 11.0. The molecule has 0 radical (unpaired) electrons. The highest BCUT2D eigenvalue weighted by Crippen LogP contribution is 2.23. The van der Waals surface area contributed by atoms with E-state index in [1.807, 2.05) is 36.4 Å². The second-order valence-electron chi connectivity index (χ2n) is 3.36. The Labute approximate surface area is 99.1 Å². The zero-order chi connectivity index (χ0) is 11.4. The Kier molecular flexibility index (Phi) is 3.44. The number of halogens is 1. The summed E-state index contributed by atoms with van der Waals surface area (Å²) in [5.41, 5.74) is 0.864. The number of ether oxygens (including phenoxy) is 1. The predicted molar refractivity (Wildman–Crippen MR) is 63.9 cm³/mol. The number of benzene rings is 2. The van der Waals surface area contributed by atoms with Gasteiger partial charge < -0.3 is 9.84 Å². The first-order chi connectivity index (χ1) is 7.78. The third-order valence-electron chi connectivity index (χ3n) is 2.16. The van der Waals surface area contributed by atoms with Gasteiger partial charge in [-0.2, -0.15) is 0 Å². The van der Waals surface area contributed by atoms with Crippen LogP contribution in [0, 0.1) is 0 Å². The summed E-state index contributed by atoms with van der Waals surface area (Å²) in [6.45, 7) is 0.0429. The van der Waals surface area contributed by atoms with Crippen molar-refractivity contribution in [2.75, 3.05) is 0 Å². The van der Waals surface area contributed by atoms with E-state index < -0.39 is 0 Å². The van der Waals surface area contributed by atoms with E-state index >= 15 is 0 Å². The third-order valence-corrected chi connectivity index (χ3v) is 2.41. The normalized spacial score (nSPS) is 10.1. The first-order valence-corrected chi connectivity index (χ1v) is 5.29. The maximum Gasteiger partial charge on any atom is 0.127 e. The molecule has 0 saturated carbocycles. The zero-order valence-corrected chi connectivity index (χ0v) is 9.32. The summed E-state index contributed by atoms with van der Waals surface area (Å²) >= 11 is 5.77. The Hall–Kier alpha value is -1.51. The van der Waals surface area contributed by atoms with Gasteiger partial charge in [-0.25, -0.2) is 0 Å². The molecule has 16 heavy (non-hydrogen) atoms. The van der Waals surface area contributed by atoms with Gasteiger partial charge in [-0.05, 0) is 42.0 Å². The van der Waals surface area contributed by atoms with E-state index in [0.29, 0.717) is 5.02 Å². The van der Waals surface area contributed by atoms with E-state index in [2.05, 4.69) is 0 Å². The Morgan fingerprint density at radius 1 is 0.875 bits per heavy atom. The summed E-state index contributed by atoms with van der Waals surface area (Å²) in [6, 6.07) is 14.5. The highest BCUT2D eigenvalue weighted by molar-refractivity contribution is 6.30. The minimum Gasteiger partial charge on any atom is -0.457 e. The summed E-state index contributed by atoms with van der Waals surface area (Å²) in [6.07, 6.45) is 0. The molecule has 2 nitrogen and oxygen atoms in total. The monoisotopic (exact) mass is 234 g/mol. The Balaban J connectivity index is 2.11. The van der Waals surface area contributed by atoms with Gasteiger partial charge >= 0.3 is 0 Å². The largest absolute Gasteiger partial charge is 0.457 e. The number of rotatable bonds is 3. The third kappa shape index (κ3) is 2.75. The number of aliphatic hydroxyl groups is 1. The summed E-state index contributed by atoms with van der Waals surface area (Å²) in [5.74, 6) is 1.47. The van der Waals surface area contributed by atoms with Gasteiger partial charge in [0.25, 0.3) is 0 Å². The summed E-state index contributed by atoms with van der Waals surface area (Å²) < 4.78 is 5.59. The van der Waals surface area contributed by atoms with Crippen LogP contribution in [-0.4, -0.2) is 5.11 Å². The first-order valence-electron chi connectivity index (χ1n) is 4.91. The van der Waals surface area contributed by atoms with Crippen molar-refractivity contribution < 1.29 is 9.84 Å². The van der Waals surface area contributed by atoms with Crippen LogP contribution in [0.15, 0.2) is 48.5 Å². The smallest absolute Gasteiger partial charge is 0.127 e. The molecule has 1 N–H and O–H groups in total. The molecule has 3 heteroatoms. The molecule has 0 bridgehead atoms. The second-order valence-corrected chi connectivity index (χ2v) is 3.79. The van der Waals surface area contributed by atoms with Crippen molar-refractivity contribution in [1.82, 2.24) is 0 Å². The van der Waals surface area contributed by atoms with Crippen molar-refractivity contribution in [2.24, 2.45) is 0 Å². The molecule has 0 atom stereocenters. The topological polar surface area (TPSA) is 29.5 Å². The number of hydrogen-bond acceptors (Lipinski definition) is 2. The van der Waals surface area contributed by atoms with Crippen LogP contribution in [0.5, 0.6) is 11.5 Å². The van der Waals surface area contributed by atoms with Crippen LogP contribution in [0.2, 0.25) is 5.02 Å². The lowest BCUT2D eigenvalue weighted by molar-refractivity contribution is 0.281. The van der Waals surface area contributed by atoms with Crippen molar-refractivity contribution in [3.05, 3.63) is 59.1 Å². The Bertz CT molecular complexity index is 448.